The lowest BCUT2D eigenvalue weighted by Crippen LogP contribution is -2.39. The molecule has 0 bridgehead atoms. The van der Waals surface area contributed by atoms with Crippen LogP contribution in [0.15, 0.2) is 42.5 Å². The van der Waals surface area contributed by atoms with E-state index in [0.717, 1.165) is 16.9 Å². The highest BCUT2D eigenvalue weighted by Gasteiger charge is 2.18. The first-order valence-electron chi connectivity index (χ1n) is 7.97. The second-order valence-corrected chi connectivity index (χ2v) is 7.19. The van der Waals surface area contributed by atoms with Gasteiger partial charge in [0.25, 0.3) is 0 Å². The van der Waals surface area contributed by atoms with E-state index >= 15 is 0 Å². The van der Waals surface area contributed by atoms with Gasteiger partial charge in [-0.2, -0.15) is 0 Å². The Morgan fingerprint density at radius 3 is 2.48 bits per heavy atom. The van der Waals surface area contributed by atoms with E-state index in [4.69, 9.17) is 21.1 Å². The SMILES string of the molecule is COc1ccc(/C=C/C(=O)NC(C)C(=O)OCC(=O)c2ccc(Cl)s2)cc1. The molecule has 0 saturated heterocycles. The van der Waals surface area contributed by atoms with Crippen LogP contribution in [0.2, 0.25) is 4.34 Å². The Morgan fingerprint density at radius 2 is 1.89 bits per heavy atom. The smallest absolute Gasteiger partial charge is 0.328 e. The zero-order valence-electron chi connectivity index (χ0n) is 14.7. The van der Waals surface area contributed by atoms with Gasteiger partial charge in [-0.1, -0.05) is 23.7 Å². The molecule has 2 aromatic rings. The fourth-order valence-corrected chi connectivity index (χ4v) is 2.97. The van der Waals surface area contributed by atoms with Crippen molar-refractivity contribution in [2.24, 2.45) is 0 Å². The number of thiophene rings is 1. The molecule has 1 aromatic carbocycles. The second kappa shape index (κ2) is 9.89. The summed E-state index contributed by atoms with van der Waals surface area (Å²) in [6.07, 6.45) is 2.92. The Balaban J connectivity index is 1.79. The molecule has 0 aliphatic heterocycles. The molecule has 6 nitrogen and oxygen atoms in total. The van der Waals surface area contributed by atoms with E-state index in [1.807, 2.05) is 0 Å². The number of ether oxygens (including phenoxy) is 2. The lowest BCUT2D eigenvalue weighted by atomic mass is 10.2. The zero-order chi connectivity index (χ0) is 19.8. The van der Waals surface area contributed by atoms with Gasteiger partial charge in [-0.05, 0) is 42.8 Å². The van der Waals surface area contributed by atoms with E-state index in [1.54, 1.807) is 49.6 Å². The largest absolute Gasteiger partial charge is 0.497 e. The predicted octanol–water partition coefficient (Wildman–Crippen LogP) is 3.35. The van der Waals surface area contributed by atoms with Crippen LogP contribution in [-0.2, 0) is 14.3 Å². The molecular weight excluding hydrogens is 390 g/mol. The molecule has 27 heavy (non-hydrogen) atoms. The van der Waals surface area contributed by atoms with Gasteiger partial charge >= 0.3 is 5.97 Å². The van der Waals surface area contributed by atoms with Gasteiger partial charge < -0.3 is 14.8 Å². The van der Waals surface area contributed by atoms with Crippen molar-refractivity contribution >= 4 is 46.7 Å². The van der Waals surface area contributed by atoms with Gasteiger partial charge in [0.15, 0.2) is 6.61 Å². The van der Waals surface area contributed by atoms with Gasteiger partial charge in [0.1, 0.15) is 11.8 Å². The fraction of sp³-hybridized carbons (Fsp3) is 0.211. The van der Waals surface area contributed by atoms with Crippen molar-refractivity contribution in [3.8, 4) is 5.75 Å². The normalized spacial score (nSPS) is 11.8. The fourth-order valence-electron chi connectivity index (χ4n) is 2.00. The van der Waals surface area contributed by atoms with Gasteiger partial charge in [0, 0.05) is 6.08 Å². The van der Waals surface area contributed by atoms with Crippen molar-refractivity contribution in [2.45, 2.75) is 13.0 Å². The summed E-state index contributed by atoms with van der Waals surface area (Å²) >= 11 is 6.87. The average molecular weight is 408 g/mol. The monoisotopic (exact) mass is 407 g/mol. The number of esters is 1. The van der Waals surface area contributed by atoms with Crippen molar-refractivity contribution in [3.05, 3.63) is 57.3 Å². The summed E-state index contributed by atoms with van der Waals surface area (Å²) in [7, 11) is 1.57. The van der Waals surface area contributed by atoms with Crippen LogP contribution in [0.25, 0.3) is 6.08 Å². The minimum Gasteiger partial charge on any atom is -0.497 e. The maximum absolute atomic E-state index is 11.9. The molecule has 0 aliphatic rings. The molecule has 8 heteroatoms. The van der Waals surface area contributed by atoms with Crippen molar-refractivity contribution in [3.63, 3.8) is 0 Å². The number of amides is 1. The molecule has 1 heterocycles. The molecule has 1 aromatic heterocycles. The Kier molecular flexibility index (Phi) is 7.57. The molecule has 0 spiro atoms. The van der Waals surface area contributed by atoms with Gasteiger partial charge in [0.2, 0.25) is 11.7 Å². The second-order valence-electron chi connectivity index (χ2n) is 5.47. The van der Waals surface area contributed by atoms with E-state index in [1.165, 1.54) is 13.0 Å². The van der Waals surface area contributed by atoms with Crippen LogP contribution in [0.3, 0.4) is 0 Å². The summed E-state index contributed by atoms with van der Waals surface area (Å²) in [5, 5.41) is 2.49. The number of ketones is 1. The molecule has 1 atom stereocenters. The number of benzene rings is 1. The molecule has 1 unspecified atom stereocenters. The zero-order valence-corrected chi connectivity index (χ0v) is 16.3. The van der Waals surface area contributed by atoms with Crippen LogP contribution in [0.4, 0.5) is 0 Å². The number of carbonyl (C=O) groups is 3. The number of rotatable bonds is 8. The Morgan fingerprint density at radius 1 is 1.19 bits per heavy atom. The van der Waals surface area contributed by atoms with Crippen molar-refractivity contribution in [1.29, 1.82) is 0 Å². The van der Waals surface area contributed by atoms with Crippen LogP contribution >= 0.6 is 22.9 Å². The third kappa shape index (κ3) is 6.54. The minimum atomic E-state index is -0.891. The molecular formula is C19H18ClNO5S. The number of hydrogen-bond acceptors (Lipinski definition) is 6. The number of Topliss-reactive ketones (excluding diaryl/α,β-unsaturated/α-hetero) is 1. The third-order valence-electron chi connectivity index (χ3n) is 3.45. The van der Waals surface area contributed by atoms with Crippen LogP contribution < -0.4 is 10.1 Å². The van der Waals surface area contributed by atoms with Gasteiger partial charge in [-0.3, -0.25) is 9.59 Å². The maximum atomic E-state index is 11.9. The first kappa shape index (κ1) is 20.7. The Bertz CT molecular complexity index is 844. The molecule has 142 valence electrons. The van der Waals surface area contributed by atoms with Gasteiger partial charge in [0.05, 0.1) is 16.3 Å². The maximum Gasteiger partial charge on any atom is 0.328 e. The van der Waals surface area contributed by atoms with E-state index in [9.17, 15) is 14.4 Å². The number of carbonyl (C=O) groups excluding carboxylic acids is 3. The van der Waals surface area contributed by atoms with E-state index < -0.39 is 24.5 Å². The van der Waals surface area contributed by atoms with Crippen molar-refractivity contribution in [1.82, 2.24) is 5.32 Å². The van der Waals surface area contributed by atoms with Crippen LogP contribution in [0.1, 0.15) is 22.2 Å². The molecule has 2 rings (SSSR count). The van der Waals surface area contributed by atoms with Crippen molar-refractivity contribution < 1.29 is 23.9 Å². The standard InChI is InChI=1S/C19H18ClNO5S/c1-12(19(24)26-11-15(22)16-8-9-17(20)27-16)21-18(23)10-5-13-3-6-14(25-2)7-4-13/h3-10,12H,11H2,1-2H3,(H,21,23)/b10-5+. The Labute approximate surface area is 165 Å². The highest BCUT2D eigenvalue weighted by atomic mass is 35.5. The lowest BCUT2D eigenvalue weighted by Gasteiger charge is -2.11. The number of halogens is 1. The highest BCUT2D eigenvalue weighted by Crippen LogP contribution is 2.21. The number of hydrogen-bond donors (Lipinski definition) is 1. The molecule has 0 fully saturated rings. The summed E-state index contributed by atoms with van der Waals surface area (Å²) in [6.45, 7) is 1.07. The number of methoxy groups -OCH3 is 1. The summed E-state index contributed by atoms with van der Waals surface area (Å²) < 4.78 is 10.5. The summed E-state index contributed by atoms with van der Waals surface area (Å²) in [5.41, 5.74) is 0.807. The van der Waals surface area contributed by atoms with Gasteiger partial charge in [-0.15, -0.1) is 11.3 Å². The number of nitrogens with one attached hydrogen (secondary N) is 1. The van der Waals surface area contributed by atoms with Crippen LogP contribution in [0.5, 0.6) is 5.75 Å². The summed E-state index contributed by atoms with van der Waals surface area (Å²) in [6, 6.07) is 9.41. The van der Waals surface area contributed by atoms with E-state index in [-0.39, 0.29) is 5.78 Å². The summed E-state index contributed by atoms with van der Waals surface area (Å²) in [4.78, 5) is 36.1. The quantitative estimate of drug-likeness (QED) is 0.412. The minimum absolute atomic E-state index is 0.349. The van der Waals surface area contributed by atoms with Crippen molar-refractivity contribution in [2.75, 3.05) is 13.7 Å². The molecule has 1 N–H and O–H groups in total. The first-order valence-corrected chi connectivity index (χ1v) is 9.16. The van der Waals surface area contributed by atoms with Crippen LogP contribution in [0, 0.1) is 0 Å². The Hall–Kier alpha value is -2.64. The van der Waals surface area contributed by atoms with Crippen LogP contribution in [-0.4, -0.2) is 37.4 Å². The average Bonchev–Trinajstić information content (AvgIpc) is 3.11. The predicted molar refractivity (Wildman–Crippen MR) is 104 cm³/mol. The molecule has 1 amide bonds. The lowest BCUT2D eigenvalue weighted by molar-refractivity contribution is -0.145. The van der Waals surface area contributed by atoms with Gasteiger partial charge in [-0.25, -0.2) is 4.79 Å². The van der Waals surface area contributed by atoms with E-state index in [2.05, 4.69) is 5.32 Å². The summed E-state index contributed by atoms with van der Waals surface area (Å²) in [5.74, 6) is -0.783. The molecule has 0 radical (unpaired) electrons. The highest BCUT2D eigenvalue weighted by molar-refractivity contribution is 7.18. The molecule has 0 saturated carbocycles. The topological polar surface area (TPSA) is 81.7 Å². The van der Waals surface area contributed by atoms with E-state index in [0.29, 0.717) is 15.0 Å². The first-order chi connectivity index (χ1) is 12.9. The molecule has 0 aliphatic carbocycles. The third-order valence-corrected chi connectivity index (χ3v) is 4.72.